The summed E-state index contributed by atoms with van der Waals surface area (Å²) in [5.41, 5.74) is 1.09. The Bertz CT molecular complexity index is 520. The van der Waals surface area contributed by atoms with Gasteiger partial charge in [-0.25, -0.2) is 0 Å². The maximum absolute atomic E-state index is 5.72. The van der Waals surface area contributed by atoms with Gasteiger partial charge in [-0.2, -0.15) is 0 Å². The van der Waals surface area contributed by atoms with Crippen molar-refractivity contribution in [2.45, 2.75) is 24.3 Å². The van der Waals surface area contributed by atoms with Crippen molar-refractivity contribution in [2.24, 2.45) is 0 Å². The fourth-order valence-corrected chi connectivity index (χ4v) is 2.63. The molecular weight excluding hydrogens is 294 g/mol. The molecule has 1 unspecified atom stereocenters. The SMILES string of the molecule is BrCc1nnc(C2CCCO2)n1-c1ccccc1. The third-order valence-corrected chi connectivity index (χ3v) is 3.61. The van der Waals surface area contributed by atoms with E-state index in [-0.39, 0.29) is 6.10 Å². The highest BCUT2D eigenvalue weighted by atomic mass is 79.9. The highest BCUT2D eigenvalue weighted by Gasteiger charge is 2.25. The number of nitrogens with zero attached hydrogens (tertiary/aromatic N) is 3. The average Bonchev–Trinajstić information content (AvgIpc) is 3.08. The Morgan fingerprint density at radius 3 is 2.78 bits per heavy atom. The van der Waals surface area contributed by atoms with Gasteiger partial charge in [0, 0.05) is 12.3 Å². The molecule has 0 aliphatic carbocycles. The maximum Gasteiger partial charge on any atom is 0.166 e. The van der Waals surface area contributed by atoms with E-state index in [9.17, 15) is 0 Å². The Kier molecular flexibility index (Phi) is 3.43. The largest absolute Gasteiger partial charge is 0.370 e. The van der Waals surface area contributed by atoms with Gasteiger partial charge in [0.25, 0.3) is 0 Å². The Balaban J connectivity index is 2.07. The lowest BCUT2D eigenvalue weighted by Gasteiger charge is -2.13. The van der Waals surface area contributed by atoms with Crippen molar-refractivity contribution in [1.29, 1.82) is 0 Å². The lowest BCUT2D eigenvalue weighted by atomic mass is 10.2. The predicted molar refractivity (Wildman–Crippen MR) is 71.9 cm³/mol. The summed E-state index contributed by atoms with van der Waals surface area (Å²) in [6.07, 6.45) is 2.19. The van der Waals surface area contributed by atoms with Crippen LogP contribution in [0.3, 0.4) is 0 Å². The number of ether oxygens (including phenoxy) is 1. The van der Waals surface area contributed by atoms with E-state index in [1.165, 1.54) is 0 Å². The molecule has 2 heterocycles. The molecule has 2 aromatic rings. The van der Waals surface area contributed by atoms with Gasteiger partial charge in [0.2, 0.25) is 0 Å². The highest BCUT2D eigenvalue weighted by molar-refractivity contribution is 9.08. The molecule has 94 valence electrons. The van der Waals surface area contributed by atoms with Crippen molar-refractivity contribution >= 4 is 15.9 Å². The minimum Gasteiger partial charge on any atom is -0.370 e. The van der Waals surface area contributed by atoms with Crippen LogP contribution in [0.15, 0.2) is 30.3 Å². The molecule has 1 aliphatic heterocycles. The van der Waals surface area contributed by atoms with E-state index in [0.717, 1.165) is 36.8 Å². The molecular formula is C13H14BrN3O. The van der Waals surface area contributed by atoms with Crippen molar-refractivity contribution in [2.75, 3.05) is 6.61 Å². The molecule has 1 aromatic heterocycles. The fourth-order valence-electron chi connectivity index (χ4n) is 2.27. The van der Waals surface area contributed by atoms with Crippen LogP contribution >= 0.6 is 15.9 Å². The number of halogens is 1. The Labute approximate surface area is 114 Å². The molecule has 18 heavy (non-hydrogen) atoms. The van der Waals surface area contributed by atoms with Crippen LogP contribution < -0.4 is 0 Å². The van der Waals surface area contributed by atoms with Crippen LogP contribution in [0.4, 0.5) is 0 Å². The van der Waals surface area contributed by atoms with Gasteiger partial charge >= 0.3 is 0 Å². The van der Waals surface area contributed by atoms with Crippen LogP contribution in [0, 0.1) is 0 Å². The van der Waals surface area contributed by atoms with Crippen LogP contribution in [0.5, 0.6) is 0 Å². The van der Waals surface area contributed by atoms with Gasteiger partial charge in [0.05, 0.1) is 5.33 Å². The van der Waals surface area contributed by atoms with Crippen molar-refractivity contribution in [3.8, 4) is 5.69 Å². The van der Waals surface area contributed by atoms with Crippen LogP contribution in [0.1, 0.15) is 30.6 Å². The predicted octanol–water partition coefficient (Wildman–Crippen LogP) is 3.01. The first-order valence-corrected chi connectivity index (χ1v) is 7.19. The number of hydrogen-bond donors (Lipinski definition) is 0. The van der Waals surface area contributed by atoms with Crippen LogP contribution in [0.25, 0.3) is 5.69 Å². The molecule has 3 rings (SSSR count). The summed E-state index contributed by atoms with van der Waals surface area (Å²) in [6.45, 7) is 0.815. The summed E-state index contributed by atoms with van der Waals surface area (Å²) in [7, 11) is 0. The number of para-hydroxylation sites is 1. The average molecular weight is 308 g/mol. The summed E-state index contributed by atoms with van der Waals surface area (Å²) in [5.74, 6) is 1.82. The minimum absolute atomic E-state index is 0.0745. The van der Waals surface area contributed by atoms with Gasteiger partial charge in [0.15, 0.2) is 5.82 Å². The molecule has 1 atom stereocenters. The van der Waals surface area contributed by atoms with Gasteiger partial charge in [0.1, 0.15) is 11.9 Å². The molecule has 1 fully saturated rings. The van der Waals surface area contributed by atoms with E-state index in [0.29, 0.717) is 5.33 Å². The van der Waals surface area contributed by atoms with Crippen LogP contribution in [-0.2, 0) is 10.1 Å². The van der Waals surface area contributed by atoms with E-state index >= 15 is 0 Å². The second-order valence-corrected chi connectivity index (χ2v) is 4.84. The van der Waals surface area contributed by atoms with Gasteiger partial charge in [-0.1, -0.05) is 34.1 Å². The second-order valence-electron chi connectivity index (χ2n) is 4.28. The monoisotopic (exact) mass is 307 g/mol. The van der Waals surface area contributed by atoms with E-state index in [1.807, 2.05) is 18.2 Å². The third kappa shape index (κ3) is 2.08. The molecule has 5 heteroatoms. The Morgan fingerprint density at radius 1 is 1.28 bits per heavy atom. The molecule has 1 aliphatic rings. The summed E-state index contributed by atoms with van der Waals surface area (Å²) in [4.78, 5) is 0. The van der Waals surface area contributed by atoms with Gasteiger partial charge < -0.3 is 4.74 Å². The normalized spacial score (nSPS) is 19.3. The summed E-state index contributed by atoms with van der Waals surface area (Å²) in [5, 5.41) is 9.23. The molecule has 0 spiro atoms. The number of hydrogen-bond acceptors (Lipinski definition) is 3. The van der Waals surface area contributed by atoms with Crippen molar-refractivity contribution < 1.29 is 4.74 Å². The van der Waals surface area contributed by atoms with E-state index in [2.05, 4.69) is 42.8 Å². The third-order valence-electron chi connectivity index (χ3n) is 3.11. The zero-order valence-electron chi connectivity index (χ0n) is 9.92. The number of alkyl halides is 1. The smallest absolute Gasteiger partial charge is 0.166 e. The second kappa shape index (κ2) is 5.20. The summed E-state index contributed by atoms with van der Waals surface area (Å²) >= 11 is 3.46. The molecule has 1 saturated heterocycles. The number of benzene rings is 1. The van der Waals surface area contributed by atoms with E-state index in [1.54, 1.807) is 0 Å². The maximum atomic E-state index is 5.72. The molecule has 0 bridgehead atoms. The van der Waals surface area contributed by atoms with Gasteiger partial charge in [-0.05, 0) is 25.0 Å². The highest BCUT2D eigenvalue weighted by Crippen LogP contribution is 2.29. The number of rotatable bonds is 3. The molecule has 0 radical (unpaired) electrons. The fraction of sp³-hybridized carbons (Fsp3) is 0.385. The first kappa shape index (κ1) is 11.9. The van der Waals surface area contributed by atoms with Crippen LogP contribution in [-0.4, -0.2) is 21.4 Å². The quantitative estimate of drug-likeness (QED) is 0.818. The van der Waals surface area contributed by atoms with Crippen molar-refractivity contribution in [3.63, 3.8) is 0 Å². The zero-order valence-corrected chi connectivity index (χ0v) is 11.5. The molecule has 1 aromatic carbocycles. The van der Waals surface area contributed by atoms with E-state index < -0.39 is 0 Å². The van der Waals surface area contributed by atoms with Crippen LogP contribution in [0.2, 0.25) is 0 Å². The Morgan fingerprint density at radius 2 is 2.11 bits per heavy atom. The topological polar surface area (TPSA) is 39.9 Å². The summed E-state index contributed by atoms with van der Waals surface area (Å²) < 4.78 is 7.81. The molecule has 0 saturated carbocycles. The van der Waals surface area contributed by atoms with E-state index in [4.69, 9.17) is 4.74 Å². The molecule has 0 amide bonds. The first-order chi connectivity index (χ1) is 8.90. The summed E-state index contributed by atoms with van der Waals surface area (Å²) in [6, 6.07) is 10.2. The minimum atomic E-state index is 0.0745. The molecule has 0 N–H and O–H groups in total. The van der Waals surface area contributed by atoms with Crippen molar-refractivity contribution in [1.82, 2.24) is 14.8 Å². The van der Waals surface area contributed by atoms with Gasteiger partial charge in [-0.3, -0.25) is 4.57 Å². The lowest BCUT2D eigenvalue weighted by molar-refractivity contribution is 0.103. The number of aromatic nitrogens is 3. The van der Waals surface area contributed by atoms with Crippen molar-refractivity contribution in [3.05, 3.63) is 42.0 Å². The Hall–Kier alpha value is -1.20. The zero-order chi connectivity index (χ0) is 12.4. The van der Waals surface area contributed by atoms with Gasteiger partial charge in [-0.15, -0.1) is 10.2 Å². The molecule has 4 nitrogen and oxygen atoms in total. The standard InChI is InChI=1S/C13H14BrN3O/c14-9-12-15-16-13(11-7-4-8-18-11)17(12)10-5-2-1-3-6-10/h1-3,5-6,11H,4,7-9H2. The first-order valence-electron chi connectivity index (χ1n) is 6.07. The lowest BCUT2D eigenvalue weighted by Crippen LogP contribution is -2.08.